The van der Waals surface area contributed by atoms with Crippen molar-refractivity contribution in [3.05, 3.63) is 88.6 Å². The number of ether oxygens (including phenoxy) is 1. The maximum atomic E-state index is 13.1. The van der Waals surface area contributed by atoms with Crippen molar-refractivity contribution in [1.29, 1.82) is 0 Å². The number of furan rings is 1. The van der Waals surface area contributed by atoms with E-state index in [9.17, 15) is 14.7 Å². The summed E-state index contributed by atoms with van der Waals surface area (Å²) in [5.74, 6) is 0.103. The van der Waals surface area contributed by atoms with Crippen molar-refractivity contribution < 1.29 is 23.8 Å². The van der Waals surface area contributed by atoms with Crippen LogP contribution in [0.5, 0.6) is 5.75 Å². The average molecular weight is 447 g/mol. The van der Waals surface area contributed by atoms with Gasteiger partial charge in [0.15, 0.2) is 0 Å². The minimum absolute atomic E-state index is 0.00466. The van der Waals surface area contributed by atoms with Crippen LogP contribution in [0.25, 0.3) is 5.76 Å². The number of carbonyl (C=O) groups excluding carboxylic acids is 2. The molecule has 0 saturated carbocycles. The van der Waals surface area contributed by atoms with Gasteiger partial charge < -0.3 is 19.2 Å². The molecule has 1 N–H and O–H groups in total. The Morgan fingerprint density at radius 3 is 2.52 bits per heavy atom. The van der Waals surface area contributed by atoms with Crippen LogP contribution >= 0.6 is 0 Å². The highest BCUT2D eigenvalue weighted by molar-refractivity contribution is 6.46. The van der Waals surface area contributed by atoms with Crippen molar-refractivity contribution in [1.82, 2.24) is 9.88 Å². The highest BCUT2D eigenvalue weighted by Crippen LogP contribution is 2.41. The van der Waals surface area contributed by atoms with Gasteiger partial charge >= 0.3 is 0 Å². The number of rotatable bonds is 7. The lowest BCUT2D eigenvalue weighted by Gasteiger charge is -2.23. The second-order valence-corrected chi connectivity index (χ2v) is 8.06. The van der Waals surface area contributed by atoms with E-state index in [4.69, 9.17) is 9.15 Å². The van der Waals surface area contributed by atoms with Crippen molar-refractivity contribution in [2.24, 2.45) is 0 Å². The number of aliphatic hydroxyl groups is 1. The zero-order chi connectivity index (χ0) is 23.5. The average Bonchev–Trinajstić information content (AvgIpc) is 3.34. The van der Waals surface area contributed by atoms with Gasteiger partial charge in [-0.2, -0.15) is 0 Å². The normalized spacial score (nSPS) is 17.5. The van der Waals surface area contributed by atoms with Gasteiger partial charge in [0.25, 0.3) is 11.7 Å². The lowest BCUT2D eigenvalue weighted by molar-refractivity contribution is -0.140. The molecule has 0 aliphatic carbocycles. The molecule has 1 saturated heterocycles. The molecule has 7 heteroatoms. The number of Topliss-reactive ketones (excluding diaryl/α,β-unsaturated/α-hetero) is 1. The number of benzene rings is 1. The molecule has 1 atom stereocenters. The van der Waals surface area contributed by atoms with Gasteiger partial charge in [0.05, 0.1) is 12.2 Å². The number of amides is 1. The van der Waals surface area contributed by atoms with Crippen molar-refractivity contribution >= 4 is 17.4 Å². The van der Waals surface area contributed by atoms with E-state index < -0.39 is 17.7 Å². The van der Waals surface area contributed by atoms with Crippen molar-refractivity contribution in [3.63, 3.8) is 0 Å². The van der Waals surface area contributed by atoms with E-state index in [1.807, 2.05) is 13.8 Å². The van der Waals surface area contributed by atoms with Gasteiger partial charge in [0, 0.05) is 24.5 Å². The summed E-state index contributed by atoms with van der Waals surface area (Å²) in [7, 11) is 0. The summed E-state index contributed by atoms with van der Waals surface area (Å²) in [6.07, 6.45) is 4.14. The highest BCUT2D eigenvalue weighted by Gasteiger charge is 2.47. The number of carbonyl (C=O) groups is 2. The Morgan fingerprint density at radius 2 is 1.88 bits per heavy atom. The van der Waals surface area contributed by atoms with E-state index in [0.717, 1.165) is 17.5 Å². The summed E-state index contributed by atoms with van der Waals surface area (Å²) in [6, 6.07) is 11.4. The third-order valence-corrected chi connectivity index (χ3v) is 5.58. The molecular weight excluding hydrogens is 420 g/mol. The molecule has 0 bridgehead atoms. The van der Waals surface area contributed by atoms with Crippen LogP contribution in [0.15, 0.2) is 64.8 Å². The molecule has 3 heterocycles. The van der Waals surface area contributed by atoms with Gasteiger partial charge in [0.2, 0.25) is 0 Å². The van der Waals surface area contributed by atoms with E-state index in [1.54, 1.807) is 61.8 Å². The molecule has 0 radical (unpaired) electrons. The quantitative estimate of drug-likeness (QED) is 0.321. The van der Waals surface area contributed by atoms with E-state index in [1.165, 1.54) is 4.90 Å². The van der Waals surface area contributed by atoms with E-state index in [2.05, 4.69) is 4.98 Å². The SMILES string of the molecule is CCCOc1ccc(/C(O)=C2/C(=O)C(=O)N(Cc3ccncc3)C2c2ccc(C)o2)cc1C. The number of hydrogen-bond donors (Lipinski definition) is 1. The number of likely N-dealkylation sites (tertiary alicyclic amines) is 1. The fourth-order valence-electron chi connectivity index (χ4n) is 3.95. The zero-order valence-corrected chi connectivity index (χ0v) is 18.9. The number of hydrogen-bond acceptors (Lipinski definition) is 6. The van der Waals surface area contributed by atoms with Gasteiger partial charge in [-0.3, -0.25) is 14.6 Å². The predicted molar refractivity (Wildman–Crippen MR) is 122 cm³/mol. The van der Waals surface area contributed by atoms with Crippen LogP contribution < -0.4 is 4.74 Å². The molecule has 33 heavy (non-hydrogen) atoms. The summed E-state index contributed by atoms with van der Waals surface area (Å²) in [4.78, 5) is 31.6. The fourth-order valence-corrected chi connectivity index (χ4v) is 3.95. The molecule has 2 aromatic heterocycles. The maximum Gasteiger partial charge on any atom is 0.296 e. The zero-order valence-electron chi connectivity index (χ0n) is 18.9. The Kier molecular flexibility index (Phi) is 6.31. The van der Waals surface area contributed by atoms with Gasteiger partial charge in [-0.15, -0.1) is 0 Å². The summed E-state index contributed by atoms with van der Waals surface area (Å²) >= 11 is 0. The van der Waals surface area contributed by atoms with Gasteiger partial charge in [-0.05, 0) is 73.9 Å². The summed E-state index contributed by atoms with van der Waals surface area (Å²) < 4.78 is 11.5. The third-order valence-electron chi connectivity index (χ3n) is 5.58. The second-order valence-electron chi connectivity index (χ2n) is 8.06. The summed E-state index contributed by atoms with van der Waals surface area (Å²) in [5.41, 5.74) is 2.08. The first kappa shape index (κ1) is 22.3. The Balaban J connectivity index is 1.79. The van der Waals surface area contributed by atoms with Crippen LogP contribution in [0.3, 0.4) is 0 Å². The maximum absolute atomic E-state index is 13.1. The smallest absolute Gasteiger partial charge is 0.296 e. The Labute approximate surface area is 192 Å². The molecule has 7 nitrogen and oxygen atoms in total. The standard InChI is InChI=1S/C26H26N2O5/c1-4-13-32-20-8-6-19(14-16(20)2)24(29)22-23(21-7-5-17(3)33-21)28(26(31)25(22)30)15-18-9-11-27-12-10-18/h5-12,14,23,29H,4,13,15H2,1-3H3/b24-22-. The van der Waals surface area contributed by atoms with Crippen LogP contribution in [-0.2, 0) is 16.1 Å². The molecule has 0 spiro atoms. The number of aromatic nitrogens is 1. The lowest BCUT2D eigenvalue weighted by atomic mass is 9.98. The number of nitrogens with zero attached hydrogens (tertiary/aromatic N) is 2. The fraction of sp³-hybridized carbons (Fsp3) is 0.269. The first-order valence-electron chi connectivity index (χ1n) is 10.9. The van der Waals surface area contributed by atoms with E-state index in [-0.39, 0.29) is 17.9 Å². The molecular formula is C26H26N2O5. The molecule has 4 rings (SSSR count). The van der Waals surface area contributed by atoms with Gasteiger partial charge in [-0.1, -0.05) is 6.92 Å². The highest BCUT2D eigenvalue weighted by atomic mass is 16.5. The van der Waals surface area contributed by atoms with E-state index >= 15 is 0 Å². The predicted octanol–water partition coefficient (Wildman–Crippen LogP) is 4.70. The molecule has 170 valence electrons. The number of aliphatic hydroxyl groups excluding tert-OH is 1. The second kappa shape index (κ2) is 9.32. The van der Waals surface area contributed by atoms with Crippen LogP contribution in [0.1, 0.15) is 47.6 Å². The minimum atomic E-state index is -0.844. The summed E-state index contributed by atoms with van der Waals surface area (Å²) in [5, 5.41) is 11.2. The number of ketones is 1. The first-order chi connectivity index (χ1) is 15.9. The Bertz CT molecular complexity index is 1210. The lowest BCUT2D eigenvalue weighted by Crippen LogP contribution is -2.29. The molecule has 1 aliphatic heterocycles. The summed E-state index contributed by atoms with van der Waals surface area (Å²) in [6.45, 7) is 6.45. The van der Waals surface area contributed by atoms with Crippen molar-refractivity contribution in [2.45, 2.75) is 39.8 Å². The van der Waals surface area contributed by atoms with Crippen molar-refractivity contribution in [2.75, 3.05) is 6.61 Å². The molecule has 1 amide bonds. The van der Waals surface area contributed by atoms with Crippen LogP contribution in [0.2, 0.25) is 0 Å². The number of pyridine rings is 1. The third kappa shape index (κ3) is 4.39. The minimum Gasteiger partial charge on any atom is -0.507 e. The Hall–Kier alpha value is -3.87. The topological polar surface area (TPSA) is 92.9 Å². The van der Waals surface area contributed by atoms with E-state index in [0.29, 0.717) is 29.4 Å². The number of aryl methyl sites for hydroxylation is 2. The van der Waals surface area contributed by atoms with Crippen LogP contribution in [0.4, 0.5) is 0 Å². The largest absolute Gasteiger partial charge is 0.507 e. The molecule has 1 unspecified atom stereocenters. The van der Waals surface area contributed by atoms with Crippen LogP contribution in [-0.4, -0.2) is 33.3 Å². The molecule has 1 fully saturated rings. The molecule has 3 aromatic rings. The Morgan fingerprint density at radius 1 is 1.12 bits per heavy atom. The van der Waals surface area contributed by atoms with Gasteiger partial charge in [-0.25, -0.2) is 0 Å². The van der Waals surface area contributed by atoms with Crippen LogP contribution in [0, 0.1) is 13.8 Å². The monoisotopic (exact) mass is 446 g/mol. The molecule has 1 aliphatic rings. The van der Waals surface area contributed by atoms with Crippen molar-refractivity contribution in [3.8, 4) is 5.75 Å². The molecule has 1 aromatic carbocycles. The van der Waals surface area contributed by atoms with Gasteiger partial charge in [0.1, 0.15) is 29.1 Å². The first-order valence-corrected chi connectivity index (χ1v) is 10.9.